The molecule has 1 heterocycles. The van der Waals surface area contributed by atoms with Crippen molar-refractivity contribution in [1.29, 1.82) is 0 Å². The lowest BCUT2D eigenvalue weighted by Crippen LogP contribution is -2.39. The Morgan fingerprint density at radius 2 is 1.71 bits per heavy atom. The van der Waals surface area contributed by atoms with Gasteiger partial charge in [0.05, 0.1) is 12.8 Å². The molecule has 8 heteroatoms. The van der Waals surface area contributed by atoms with Crippen molar-refractivity contribution in [3.8, 4) is 22.7 Å². The van der Waals surface area contributed by atoms with E-state index >= 15 is 0 Å². The van der Waals surface area contributed by atoms with Crippen LogP contribution in [0.3, 0.4) is 0 Å². The third-order valence-electron chi connectivity index (χ3n) is 6.54. The summed E-state index contributed by atoms with van der Waals surface area (Å²) in [6.45, 7) is 2.48. The third kappa shape index (κ3) is 6.06. The van der Waals surface area contributed by atoms with Gasteiger partial charge in [-0.15, -0.1) is 0 Å². The van der Waals surface area contributed by atoms with E-state index in [9.17, 15) is 9.59 Å². The van der Waals surface area contributed by atoms with Gasteiger partial charge in [0.1, 0.15) is 12.3 Å². The van der Waals surface area contributed by atoms with Crippen LogP contribution in [0.5, 0.6) is 5.75 Å². The van der Waals surface area contributed by atoms with Crippen molar-refractivity contribution in [2.75, 3.05) is 25.5 Å². The van der Waals surface area contributed by atoms with Gasteiger partial charge in [-0.2, -0.15) is 0 Å². The number of aromatic nitrogens is 2. The van der Waals surface area contributed by atoms with Gasteiger partial charge in [0.15, 0.2) is 0 Å². The van der Waals surface area contributed by atoms with Crippen molar-refractivity contribution in [3.05, 3.63) is 95.1 Å². The Bertz CT molecular complexity index is 1430. The maximum atomic E-state index is 13.3. The van der Waals surface area contributed by atoms with Gasteiger partial charge in [-0.05, 0) is 74.2 Å². The van der Waals surface area contributed by atoms with Crippen LogP contribution in [0, 0.1) is 12.8 Å². The van der Waals surface area contributed by atoms with Gasteiger partial charge in [0.2, 0.25) is 11.9 Å². The summed E-state index contributed by atoms with van der Waals surface area (Å²) in [5.41, 5.74) is 4.00. The van der Waals surface area contributed by atoms with Crippen LogP contribution in [-0.2, 0) is 4.79 Å². The molecule has 0 unspecified atom stereocenters. The standard InChI is InChI=1S/C30H29ClN4O3/c1-20-3-7-23(8-4-20)29(37)34(17-21-5-6-21)19-28(36)33-30-32-27(22-9-11-24(31)12-10-22)18-35(30)25-13-15-26(38-2)16-14-25/h3-4,7-16,18,21H,5-6,17,19H2,1-2H3,(H,32,33,36). The average molecular weight is 529 g/mol. The molecule has 0 radical (unpaired) electrons. The molecular weight excluding hydrogens is 500 g/mol. The zero-order valence-corrected chi connectivity index (χ0v) is 22.1. The number of nitrogens with one attached hydrogen (secondary N) is 1. The summed E-state index contributed by atoms with van der Waals surface area (Å²) < 4.78 is 7.10. The summed E-state index contributed by atoms with van der Waals surface area (Å²) in [5, 5.41) is 3.57. The van der Waals surface area contributed by atoms with E-state index in [0.717, 1.165) is 35.4 Å². The molecule has 194 valence electrons. The number of hydrogen-bond acceptors (Lipinski definition) is 4. The SMILES string of the molecule is COc1ccc(-n2cc(-c3ccc(Cl)cc3)nc2NC(=O)CN(CC2CC2)C(=O)c2ccc(C)cc2)cc1. The molecule has 5 rings (SSSR count). The van der Waals surface area contributed by atoms with Crippen molar-refractivity contribution < 1.29 is 14.3 Å². The van der Waals surface area contributed by atoms with E-state index in [4.69, 9.17) is 21.3 Å². The molecule has 1 aromatic heterocycles. The first-order valence-corrected chi connectivity index (χ1v) is 12.9. The molecule has 0 saturated heterocycles. The first kappa shape index (κ1) is 25.5. The zero-order valence-electron chi connectivity index (χ0n) is 21.4. The lowest BCUT2D eigenvalue weighted by Gasteiger charge is -2.22. The van der Waals surface area contributed by atoms with Crippen LogP contribution in [0.1, 0.15) is 28.8 Å². The number of amides is 2. The quantitative estimate of drug-likeness (QED) is 0.289. The van der Waals surface area contributed by atoms with Gasteiger partial charge in [0, 0.05) is 34.6 Å². The molecule has 1 fully saturated rings. The minimum Gasteiger partial charge on any atom is -0.497 e. The molecule has 1 N–H and O–H groups in total. The number of hydrogen-bond donors (Lipinski definition) is 1. The highest BCUT2D eigenvalue weighted by Crippen LogP contribution is 2.30. The zero-order chi connectivity index (χ0) is 26.6. The molecule has 38 heavy (non-hydrogen) atoms. The monoisotopic (exact) mass is 528 g/mol. The van der Waals surface area contributed by atoms with Gasteiger partial charge in [0.25, 0.3) is 5.91 Å². The molecular formula is C30H29ClN4O3. The Labute approximate surface area is 227 Å². The van der Waals surface area contributed by atoms with Crippen LogP contribution in [0.25, 0.3) is 16.9 Å². The van der Waals surface area contributed by atoms with E-state index < -0.39 is 0 Å². The van der Waals surface area contributed by atoms with Gasteiger partial charge in [-0.1, -0.05) is 41.4 Å². The lowest BCUT2D eigenvalue weighted by molar-refractivity contribution is -0.117. The van der Waals surface area contributed by atoms with Crippen molar-refractivity contribution in [3.63, 3.8) is 0 Å². The fraction of sp³-hybridized carbons (Fsp3) is 0.233. The first-order valence-electron chi connectivity index (χ1n) is 12.5. The van der Waals surface area contributed by atoms with Gasteiger partial charge in [-0.25, -0.2) is 4.98 Å². The number of ether oxygens (including phenoxy) is 1. The summed E-state index contributed by atoms with van der Waals surface area (Å²) in [4.78, 5) is 32.9. The molecule has 1 aliphatic carbocycles. The molecule has 0 bridgehead atoms. The van der Waals surface area contributed by atoms with Crippen molar-refractivity contribution in [2.24, 2.45) is 5.92 Å². The van der Waals surface area contributed by atoms with Gasteiger partial charge < -0.3 is 9.64 Å². The molecule has 3 aromatic carbocycles. The number of halogens is 1. The molecule has 1 saturated carbocycles. The first-order chi connectivity index (χ1) is 18.4. The number of aryl methyl sites for hydroxylation is 1. The summed E-state index contributed by atoms with van der Waals surface area (Å²) in [6.07, 6.45) is 4.01. The van der Waals surface area contributed by atoms with Crippen molar-refractivity contribution in [2.45, 2.75) is 19.8 Å². The smallest absolute Gasteiger partial charge is 0.254 e. The van der Waals surface area contributed by atoms with Crippen LogP contribution in [0.2, 0.25) is 5.02 Å². The molecule has 0 atom stereocenters. The number of rotatable bonds is 9. The molecule has 1 aliphatic rings. The second-order valence-electron chi connectivity index (χ2n) is 9.57. The average Bonchev–Trinajstić information content (AvgIpc) is 3.66. The predicted octanol–water partition coefficient (Wildman–Crippen LogP) is 6.00. The predicted molar refractivity (Wildman–Crippen MR) is 149 cm³/mol. The molecule has 0 spiro atoms. The van der Waals surface area contributed by atoms with Crippen LogP contribution >= 0.6 is 11.6 Å². The Balaban J connectivity index is 1.41. The molecule has 4 aromatic rings. The van der Waals surface area contributed by atoms with Crippen LogP contribution < -0.4 is 10.1 Å². The number of benzene rings is 3. The largest absolute Gasteiger partial charge is 0.497 e. The number of nitrogens with zero attached hydrogens (tertiary/aromatic N) is 3. The lowest BCUT2D eigenvalue weighted by atomic mass is 10.1. The molecule has 2 amide bonds. The van der Waals surface area contributed by atoms with Gasteiger partial charge >= 0.3 is 0 Å². The maximum Gasteiger partial charge on any atom is 0.254 e. The van der Waals surface area contributed by atoms with E-state index in [1.165, 1.54) is 0 Å². The normalized spacial score (nSPS) is 12.7. The van der Waals surface area contributed by atoms with E-state index in [-0.39, 0.29) is 18.4 Å². The van der Waals surface area contributed by atoms with E-state index in [0.29, 0.717) is 34.7 Å². The number of imidazole rings is 1. The Morgan fingerprint density at radius 3 is 2.34 bits per heavy atom. The fourth-order valence-electron chi connectivity index (χ4n) is 4.22. The Hall–Kier alpha value is -4.10. The summed E-state index contributed by atoms with van der Waals surface area (Å²) in [6, 6.07) is 22.3. The van der Waals surface area contributed by atoms with Crippen LogP contribution in [0.15, 0.2) is 79.0 Å². The van der Waals surface area contributed by atoms with Crippen LogP contribution in [0.4, 0.5) is 5.95 Å². The maximum absolute atomic E-state index is 13.3. The van der Waals surface area contributed by atoms with Crippen LogP contribution in [-0.4, -0.2) is 46.5 Å². The minimum atomic E-state index is -0.311. The second-order valence-corrected chi connectivity index (χ2v) is 10.0. The number of carbonyl (C=O) groups excluding carboxylic acids is 2. The van der Waals surface area contributed by atoms with E-state index in [1.54, 1.807) is 24.1 Å². The second kappa shape index (κ2) is 11.1. The highest BCUT2D eigenvalue weighted by molar-refractivity contribution is 6.30. The van der Waals surface area contributed by atoms with E-state index in [1.807, 2.05) is 78.4 Å². The molecule has 0 aliphatic heterocycles. The molecule has 7 nitrogen and oxygen atoms in total. The minimum absolute atomic E-state index is 0.0606. The van der Waals surface area contributed by atoms with Gasteiger partial charge in [-0.3, -0.25) is 19.5 Å². The summed E-state index contributed by atoms with van der Waals surface area (Å²) in [5.74, 6) is 1.07. The summed E-state index contributed by atoms with van der Waals surface area (Å²) in [7, 11) is 1.61. The Morgan fingerprint density at radius 1 is 1.03 bits per heavy atom. The fourth-order valence-corrected chi connectivity index (χ4v) is 4.34. The highest BCUT2D eigenvalue weighted by atomic mass is 35.5. The topological polar surface area (TPSA) is 76.5 Å². The third-order valence-corrected chi connectivity index (χ3v) is 6.80. The number of anilines is 1. The number of methoxy groups -OCH3 is 1. The van der Waals surface area contributed by atoms with E-state index in [2.05, 4.69) is 5.32 Å². The van der Waals surface area contributed by atoms with Crippen molar-refractivity contribution in [1.82, 2.24) is 14.5 Å². The Kier molecular flexibility index (Phi) is 7.47. The summed E-state index contributed by atoms with van der Waals surface area (Å²) >= 11 is 6.07. The number of carbonyl (C=O) groups is 2. The van der Waals surface area contributed by atoms with Crippen molar-refractivity contribution >= 4 is 29.4 Å². The highest BCUT2D eigenvalue weighted by Gasteiger charge is 2.29.